The Morgan fingerprint density at radius 1 is 1.20 bits per heavy atom. The first-order chi connectivity index (χ1) is 9.56. The van der Waals surface area contributed by atoms with Crippen LogP contribution in [0.2, 0.25) is 0 Å². The van der Waals surface area contributed by atoms with Gasteiger partial charge in [-0.2, -0.15) is 0 Å². The van der Waals surface area contributed by atoms with Crippen LogP contribution in [0, 0.1) is 17.8 Å². The Labute approximate surface area is 120 Å². The van der Waals surface area contributed by atoms with Crippen LogP contribution in [0.15, 0.2) is 24.3 Å². The number of nitrogens with zero attached hydrogens (tertiary/aromatic N) is 1. The van der Waals surface area contributed by atoms with Gasteiger partial charge in [-0.05, 0) is 55.4 Å². The Hall–Kier alpha value is -1.55. The van der Waals surface area contributed by atoms with Gasteiger partial charge in [0.1, 0.15) is 0 Å². The number of anilines is 2. The van der Waals surface area contributed by atoms with E-state index in [-0.39, 0.29) is 17.9 Å². The fourth-order valence-electron chi connectivity index (χ4n) is 3.79. The molecule has 3 rings (SSSR count). The number of fused-ring (bicyclic) bond motifs is 2. The SMILES string of the molecule is CN(C)c1ccc(NC(=O)C2C3CCC(C3)C2N)cc1. The zero-order valence-corrected chi connectivity index (χ0v) is 12.2. The van der Waals surface area contributed by atoms with E-state index in [0.29, 0.717) is 11.8 Å². The molecule has 1 aromatic rings. The van der Waals surface area contributed by atoms with Crippen LogP contribution in [0.25, 0.3) is 0 Å². The predicted octanol–water partition coefficient (Wildman–Crippen LogP) is 2.06. The number of nitrogens with one attached hydrogen (secondary N) is 1. The number of benzene rings is 1. The Balaban J connectivity index is 1.67. The van der Waals surface area contributed by atoms with E-state index in [1.807, 2.05) is 43.3 Å². The molecule has 4 heteroatoms. The van der Waals surface area contributed by atoms with Gasteiger partial charge in [0, 0.05) is 31.5 Å². The van der Waals surface area contributed by atoms with Crippen molar-refractivity contribution in [1.29, 1.82) is 0 Å². The summed E-state index contributed by atoms with van der Waals surface area (Å²) < 4.78 is 0. The van der Waals surface area contributed by atoms with Gasteiger partial charge in [0.2, 0.25) is 5.91 Å². The van der Waals surface area contributed by atoms with Gasteiger partial charge in [0.15, 0.2) is 0 Å². The standard InChI is InChI=1S/C16H23N3O/c1-19(2)13-7-5-12(6-8-13)18-16(20)14-10-3-4-11(9-10)15(14)17/h5-8,10-11,14-15H,3-4,9,17H2,1-2H3,(H,18,20). The van der Waals surface area contributed by atoms with Gasteiger partial charge in [-0.1, -0.05) is 0 Å². The van der Waals surface area contributed by atoms with E-state index in [1.165, 1.54) is 6.42 Å². The second kappa shape index (κ2) is 5.09. The molecule has 2 saturated carbocycles. The molecule has 4 nitrogen and oxygen atoms in total. The van der Waals surface area contributed by atoms with E-state index < -0.39 is 0 Å². The highest BCUT2D eigenvalue weighted by Crippen LogP contribution is 2.47. The van der Waals surface area contributed by atoms with Crippen molar-refractivity contribution in [2.45, 2.75) is 25.3 Å². The summed E-state index contributed by atoms with van der Waals surface area (Å²) in [5.41, 5.74) is 8.20. The van der Waals surface area contributed by atoms with Crippen molar-refractivity contribution in [3.63, 3.8) is 0 Å². The van der Waals surface area contributed by atoms with E-state index in [4.69, 9.17) is 5.73 Å². The molecule has 108 valence electrons. The maximum absolute atomic E-state index is 12.4. The number of nitrogens with two attached hydrogens (primary N) is 1. The maximum Gasteiger partial charge on any atom is 0.229 e. The van der Waals surface area contributed by atoms with Crippen LogP contribution in [0.1, 0.15) is 19.3 Å². The quantitative estimate of drug-likeness (QED) is 0.886. The highest BCUT2D eigenvalue weighted by Gasteiger charge is 2.49. The van der Waals surface area contributed by atoms with Crippen LogP contribution in [-0.4, -0.2) is 26.0 Å². The molecule has 0 radical (unpaired) electrons. The summed E-state index contributed by atoms with van der Waals surface area (Å²) in [7, 11) is 4.00. The fraction of sp³-hybridized carbons (Fsp3) is 0.562. The summed E-state index contributed by atoms with van der Waals surface area (Å²) in [5, 5.41) is 3.03. The van der Waals surface area contributed by atoms with Crippen molar-refractivity contribution < 1.29 is 4.79 Å². The van der Waals surface area contributed by atoms with E-state index in [1.54, 1.807) is 0 Å². The molecule has 3 N–H and O–H groups in total. The molecule has 0 spiro atoms. The Bertz CT molecular complexity index is 495. The minimum atomic E-state index is 0.00211. The molecule has 2 aliphatic rings. The van der Waals surface area contributed by atoms with E-state index in [0.717, 1.165) is 24.2 Å². The molecule has 0 aromatic heterocycles. The Morgan fingerprint density at radius 3 is 2.40 bits per heavy atom. The van der Waals surface area contributed by atoms with E-state index >= 15 is 0 Å². The van der Waals surface area contributed by atoms with Gasteiger partial charge in [0.05, 0.1) is 5.92 Å². The van der Waals surface area contributed by atoms with E-state index in [9.17, 15) is 4.79 Å². The van der Waals surface area contributed by atoms with Gasteiger partial charge in [-0.15, -0.1) is 0 Å². The molecule has 0 heterocycles. The van der Waals surface area contributed by atoms with E-state index in [2.05, 4.69) is 5.32 Å². The first-order valence-corrected chi connectivity index (χ1v) is 7.40. The zero-order valence-electron chi connectivity index (χ0n) is 12.2. The molecule has 1 aromatic carbocycles. The van der Waals surface area contributed by atoms with Crippen LogP contribution in [0.3, 0.4) is 0 Å². The third kappa shape index (κ3) is 2.29. The highest BCUT2D eigenvalue weighted by molar-refractivity contribution is 5.93. The molecule has 20 heavy (non-hydrogen) atoms. The minimum absolute atomic E-state index is 0.00211. The average Bonchev–Trinajstić information content (AvgIpc) is 2.99. The van der Waals surface area contributed by atoms with Crippen molar-refractivity contribution >= 4 is 17.3 Å². The largest absolute Gasteiger partial charge is 0.378 e. The zero-order chi connectivity index (χ0) is 14.3. The second-order valence-corrected chi connectivity index (χ2v) is 6.37. The van der Waals surface area contributed by atoms with Crippen molar-refractivity contribution in [2.24, 2.45) is 23.5 Å². The van der Waals surface area contributed by atoms with Crippen LogP contribution in [0.5, 0.6) is 0 Å². The topological polar surface area (TPSA) is 58.4 Å². The lowest BCUT2D eigenvalue weighted by molar-refractivity contribution is -0.121. The first kappa shape index (κ1) is 13.4. The highest BCUT2D eigenvalue weighted by atomic mass is 16.2. The normalized spacial score (nSPS) is 31.4. The number of rotatable bonds is 3. The fourth-order valence-corrected chi connectivity index (χ4v) is 3.79. The molecule has 2 bridgehead atoms. The van der Waals surface area contributed by atoms with Crippen molar-refractivity contribution in [1.82, 2.24) is 0 Å². The third-order valence-corrected chi connectivity index (χ3v) is 4.93. The maximum atomic E-state index is 12.4. The molecule has 4 unspecified atom stereocenters. The van der Waals surface area contributed by atoms with Gasteiger partial charge in [0.25, 0.3) is 0 Å². The van der Waals surface area contributed by atoms with Crippen molar-refractivity contribution in [3.05, 3.63) is 24.3 Å². The second-order valence-electron chi connectivity index (χ2n) is 6.37. The lowest BCUT2D eigenvalue weighted by Gasteiger charge is -2.27. The molecule has 0 saturated heterocycles. The predicted molar refractivity (Wildman–Crippen MR) is 81.7 cm³/mol. The summed E-state index contributed by atoms with van der Waals surface area (Å²) in [6.45, 7) is 0. The lowest BCUT2D eigenvalue weighted by atomic mass is 9.84. The number of hydrogen-bond donors (Lipinski definition) is 2. The van der Waals surface area contributed by atoms with Gasteiger partial charge in [-0.3, -0.25) is 4.79 Å². The molecule has 2 aliphatic carbocycles. The minimum Gasteiger partial charge on any atom is -0.378 e. The van der Waals surface area contributed by atoms with Crippen molar-refractivity contribution in [3.8, 4) is 0 Å². The Kier molecular flexibility index (Phi) is 3.42. The summed E-state index contributed by atoms with van der Waals surface area (Å²) in [4.78, 5) is 14.5. The third-order valence-electron chi connectivity index (χ3n) is 4.93. The molecular weight excluding hydrogens is 250 g/mol. The van der Waals surface area contributed by atoms with Crippen LogP contribution in [-0.2, 0) is 4.79 Å². The van der Waals surface area contributed by atoms with Crippen LogP contribution >= 0.6 is 0 Å². The van der Waals surface area contributed by atoms with Crippen LogP contribution in [0.4, 0.5) is 11.4 Å². The monoisotopic (exact) mass is 273 g/mol. The van der Waals surface area contributed by atoms with Crippen molar-refractivity contribution in [2.75, 3.05) is 24.3 Å². The lowest BCUT2D eigenvalue weighted by Crippen LogP contribution is -2.42. The van der Waals surface area contributed by atoms with Gasteiger partial charge >= 0.3 is 0 Å². The number of amides is 1. The first-order valence-electron chi connectivity index (χ1n) is 7.40. The number of carbonyl (C=O) groups is 1. The summed E-state index contributed by atoms with van der Waals surface area (Å²) >= 11 is 0. The number of hydrogen-bond acceptors (Lipinski definition) is 3. The summed E-state index contributed by atoms with van der Waals surface area (Å²) in [6.07, 6.45) is 3.50. The molecular formula is C16H23N3O. The van der Waals surface area contributed by atoms with Gasteiger partial charge < -0.3 is 16.0 Å². The Morgan fingerprint density at radius 2 is 1.85 bits per heavy atom. The summed E-state index contributed by atoms with van der Waals surface area (Å²) in [6, 6.07) is 7.97. The number of carbonyl (C=O) groups excluding carboxylic acids is 1. The smallest absolute Gasteiger partial charge is 0.229 e. The van der Waals surface area contributed by atoms with Gasteiger partial charge in [-0.25, -0.2) is 0 Å². The van der Waals surface area contributed by atoms with Crippen LogP contribution < -0.4 is 16.0 Å². The molecule has 1 amide bonds. The molecule has 0 aliphatic heterocycles. The summed E-state index contributed by atoms with van der Waals surface area (Å²) in [5.74, 6) is 1.16. The molecule has 4 atom stereocenters. The molecule has 2 fully saturated rings. The average molecular weight is 273 g/mol.